The lowest BCUT2D eigenvalue weighted by Crippen LogP contribution is -2.59. The summed E-state index contributed by atoms with van der Waals surface area (Å²) in [4.78, 5) is 28.8. The van der Waals surface area contributed by atoms with E-state index in [0.717, 1.165) is 44.4 Å². The summed E-state index contributed by atoms with van der Waals surface area (Å²) in [6, 6.07) is 1.45. The minimum absolute atomic E-state index is 0.206. The molecule has 2 aliphatic heterocycles. The number of nitrogens with zero attached hydrogens (tertiary/aromatic N) is 3. The molecule has 0 radical (unpaired) electrons. The van der Waals surface area contributed by atoms with E-state index in [2.05, 4.69) is 5.32 Å². The zero-order valence-corrected chi connectivity index (χ0v) is 31.6. The van der Waals surface area contributed by atoms with Gasteiger partial charge in [0.1, 0.15) is 24.9 Å². The molecule has 53 heavy (non-hydrogen) atoms. The predicted molar refractivity (Wildman–Crippen MR) is 187 cm³/mol. The first-order chi connectivity index (χ1) is 24.4. The third kappa shape index (κ3) is 8.12. The Morgan fingerprint density at radius 1 is 1.15 bits per heavy atom. The molecule has 0 bridgehead atoms. The fraction of sp³-hybridized carbons (Fsp3) is 0.784. The third-order valence-electron chi connectivity index (χ3n) is 11.6. The van der Waals surface area contributed by atoms with Crippen LogP contribution in [0, 0.1) is 16.5 Å². The molecule has 6 atom stereocenters. The van der Waals surface area contributed by atoms with Crippen LogP contribution in [0.4, 0.5) is 32.4 Å². The Morgan fingerprint density at radius 2 is 1.83 bits per heavy atom. The Labute approximate surface area is 307 Å². The number of carbonyl (C=O) groups is 2. The van der Waals surface area contributed by atoms with E-state index in [1.165, 1.54) is 13.8 Å². The average molecular weight is 760 g/mol. The number of hydrogen-bond acceptors (Lipinski definition) is 8. The smallest absolute Gasteiger partial charge is 0.416 e. The van der Waals surface area contributed by atoms with Crippen molar-refractivity contribution in [3.63, 3.8) is 0 Å². The van der Waals surface area contributed by atoms with Crippen molar-refractivity contribution in [1.82, 2.24) is 25.1 Å². The number of quaternary nitrogens is 1. The number of carbonyl (C=O) groups excluding carboxylic acids is 2. The molecular formula is C37H54F5N5O6. The maximum Gasteiger partial charge on any atom is 0.416 e. The number of halogens is 5. The number of hydrogen-bond donors (Lipinski definition) is 3. The number of hydroxylamine groups is 2. The van der Waals surface area contributed by atoms with Gasteiger partial charge in [0.25, 0.3) is 5.91 Å². The van der Waals surface area contributed by atoms with E-state index in [-0.39, 0.29) is 35.5 Å². The summed E-state index contributed by atoms with van der Waals surface area (Å²) in [6.07, 6.45) is -5.36. The fourth-order valence-corrected chi connectivity index (χ4v) is 8.85. The van der Waals surface area contributed by atoms with E-state index in [1.807, 2.05) is 31.0 Å². The van der Waals surface area contributed by atoms with Gasteiger partial charge in [-0.1, -0.05) is 0 Å². The average Bonchev–Trinajstić information content (AvgIpc) is 3.93. The predicted octanol–water partition coefficient (Wildman–Crippen LogP) is 6.06. The highest BCUT2D eigenvalue weighted by atomic mass is 19.4. The molecule has 1 aromatic rings. The van der Waals surface area contributed by atoms with Crippen molar-refractivity contribution < 1.29 is 46.1 Å². The van der Waals surface area contributed by atoms with Crippen LogP contribution in [-0.2, 0) is 15.7 Å². The van der Waals surface area contributed by atoms with E-state index in [4.69, 9.17) is 9.47 Å². The molecule has 4 fully saturated rings. The van der Waals surface area contributed by atoms with Gasteiger partial charge in [-0.3, -0.25) is 9.69 Å². The molecule has 3 aliphatic carbocycles. The number of aliphatic hydroxyl groups is 1. The second kappa shape index (κ2) is 13.5. The zero-order chi connectivity index (χ0) is 39.1. The summed E-state index contributed by atoms with van der Waals surface area (Å²) in [5, 5.41) is 32.0. The van der Waals surface area contributed by atoms with Gasteiger partial charge in [-0.05, 0) is 99.0 Å². The maximum absolute atomic E-state index is 14.8. The van der Waals surface area contributed by atoms with Gasteiger partial charge in [-0.25, -0.2) is 4.79 Å². The number of ether oxygens (including phenoxy) is 2. The quantitative estimate of drug-likeness (QED) is 0.108. The van der Waals surface area contributed by atoms with Gasteiger partial charge in [-0.15, -0.1) is 0 Å². The molecule has 3 saturated carbocycles. The number of aliphatic hydroxyl groups excluding tert-OH is 1. The summed E-state index contributed by atoms with van der Waals surface area (Å²) >= 11 is 0. The minimum Gasteiger partial charge on any atom is -0.627 e. The summed E-state index contributed by atoms with van der Waals surface area (Å²) in [6.45, 7) is 12.0. The summed E-state index contributed by atoms with van der Waals surface area (Å²) < 4.78 is 80.7. The first-order valence-electron chi connectivity index (χ1n) is 18.7. The number of piperidine rings is 1. The molecule has 2 heterocycles. The number of fused-ring (bicyclic) bond motifs is 1. The van der Waals surface area contributed by atoms with Gasteiger partial charge in [0.15, 0.2) is 17.0 Å². The highest BCUT2D eigenvalue weighted by molar-refractivity contribution is 5.79. The van der Waals surface area contributed by atoms with Crippen LogP contribution in [0.3, 0.4) is 0 Å². The normalized spacial score (nSPS) is 31.2. The minimum atomic E-state index is -4.94. The first-order valence-corrected chi connectivity index (χ1v) is 18.7. The van der Waals surface area contributed by atoms with E-state index >= 15 is 0 Å². The Hall–Kier alpha value is -2.79. The molecule has 11 nitrogen and oxygen atoms in total. The van der Waals surface area contributed by atoms with Gasteiger partial charge in [0.05, 0.1) is 17.6 Å². The Morgan fingerprint density at radius 3 is 2.42 bits per heavy atom. The van der Waals surface area contributed by atoms with Crippen LogP contribution in [0.1, 0.15) is 104 Å². The van der Waals surface area contributed by atoms with Crippen LogP contribution in [-0.4, -0.2) is 101 Å². The lowest BCUT2D eigenvalue weighted by Gasteiger charge is -2.51. The maximum atomic E-state index is 14.8. The third-order valence-corrected chi connectivity index (χ3v) is 11.6. The number of alkyl halides is 5. The summed E-state index contributed by atoms with van der Waals surface area (Å²) in [5.74, 6) is -1.63. The molecular weight excluding hydrogens is 705 g/mol. The SMILES string of the molecule is CC(C)N(C(O)c1cc2c(cc1C(F)(F)F)OC(C)(C)C[N+]2([O-])CCNC(=O)C(F)F)C1C[C@@]12CC[C@]1(C[C@H]1CNC1CC1)N(C(=O)OC(C)(C)C)C2. The standard InChI is InChI=1S/C37H54F5N5O6/c1-21(2)46(28-17-35(28)10-11-36(16-22(36)18-44-23-8-9-23)45(19-35)32(50)53-33(3,4)5)31(49)24-14-26-27(15-25(24)37(40,41)42)52-34(6,7)20-47(26,51)13-12-43-30(48)29(38)39/h14-15,21-23,28-29,31,44,49H,8-13,16-20H2,1-7H3,(H,43,48)/t22-,28?,31?,35+,36+,47?/m0/s1. The first kappa shape index (κ1) is 39.9. The fourth-order valence-electron chi connectivity index (χ4n) is 8.85. The molecule has 0 aromatic heterocycles. The van der Waals surface area contributed by atoms with Crippen molar-refractivity contribution in [3.8, 4) is 5.75 Å². The molecule has 6 rings (SSSR count). The highest BCUT2D eigenvalue weighted by Gasteiger charge is 2.70. The van der Waals surface area contributed by atoms with Crippen LogP contribution >= 0.6 is 0 Å². The van der Waals surface area contributed by atoms with E-state index in [9.17, 15) is 41.9 Å². The molecule has 5 aliphatic rings. The molecule has 1 aromatic carbocycles. The van der Waals surface area contributed by atoms with Gasteiger partial charge in [0, 0.05) is 48.3 Å². The topological polar surface area (TPSA) is 126 Å². The van der Waals surface area contributed by atoms with Gasteiger partial charge in [0.2, 0.25) is 0 Å². The second-order valence-corrected chi connectivity index (χ2v) is 17.9. The van der Waals surface area contributed by atoms with E-state index in [0.29, 0.717) is 25.4 Å². The van der Waals surface area contributed by atoms with Gasteiger partial charge in [-0.2, -0.15) is 22.0 Å². The molecule has 1 saturated heterocycles. The van der Waals surface area contributed by atoms with E-state index < -0.39 is 82.4 Å². The van der Waals surface area contributed by atoms with E-state index in [1.54, 1.807) is 18.7 Å². The molecule has 3 N–H and O–H groups in total. The number of amides is 2. The number of benzene rings is 1. The molecule has 16 heteroatoms. The largest absolute Gasteiger partial charge is 0.627 e. The van der Waals surface area contributed by atoms with Crippen LogP contribution in [0.25, 0.3) is 0 Å². The number of likely N-dealkylation sites (tertiary alicyclic amines) is 1. The Bertz CT molecular complexity index is 1580. The molecule has 298 valence electrons. The van der Waals surface area contributed by atoms with Gasteiger partial charge < -0.3 is 40.0 Å². The molecule has 2 amide bonds. The van der Waals surface area contributed by atoms with Crippen molar-refractivity contribution in [1.29, 1.82) is 0 Å². The van der Waals surface area contributed by atoms with Gasteiger partial charge >= 0.3 is 18.7 Å². The lowest BCUT2D eigenvalue weighted by molar-refractivity contribution is -0.142. The monoisotopic (exact) mass is 759 g/mol. The van der Waals surface area contributed by atoms with Crippen molar-refractivity contribution in [3.05, 3.63) is 28.5 Å². The van der Waals surface area contributed by atoms with Crippen molar-refractivity contribution in [2.45, 2.75) is 141 Å². The Balaban J connectivity index is 1.30. The van der Waals surface area contributed by atoms with Crippen molar-refractivity contribution >= 4 is 17.7 Å². The summed E-state index contributed by atoms with van der Waals surface area (Å²) in [7, 11) is 0. The van der Waals surface area contributed by atoms with Crippen LogP contribution < -0.4 is 20.0 Å². The Kier molecular flexibility index (Phi) is 10.1. The lowest BCUT2D eigenvalue weighted by atomic mass is 9.86. The van der Waals surface area contributed by atoms with Crippen LogP contribution in [0.2, 0.25) is 0 Å². The van der Waals surface area contributed by atoms with Crippen LogP contribution in [0.15, 0.2) is 12.1 Å². The number of rotatable bonds is 11. The molecule has 2 spiro atoms. The summed E-state index contributed by atoms with van der Waals surface area (Å²) in [5.41, 5.74) is -4.72. The number of nitrogens with one attached hydrogen (secondary N) is 2. The van der Waals surface area contributed by atoms with Crippen molar-refractivity contribution in [2.75, 3.05) is 32.7 Å². The zero-order valence-electron chi connectivity index (χ0n) is 31.6. The van der Waals surface area contributed by atoms with Crippen LogP contribution in [0.5, 0.6) is 5.75 Å². The van der Waals surface area contributed by atoms with Crippen molar-refractivity contribution in [2.24, 2.45) is 11.3 Å². The highest BCUT2D eigenvalue weighted by Crippen LogP contribution is 2.65. The molecule has 3 unspecified atom stereocenters. The second-order valence-electron chi connectivity index (χ2n) is 17.9.